The number of hydrogen-bond acceptors (Lipinski definition) is 3. The van der Waals surface area contributed by atoms with Crippen LogP contribution in [0.3, 0.4) is 0 Å². The Labute approximate surface area is 128 Å². The van der Waals surface area contributed by atoms with Crippen molar-refractivity contribution in [1.29, 1.82) is 0 Å². The summed E-state index contributed by atoms with van der Waals surface area (Å²) >= 11 is 1.41. The molecule has 2 aromatic rings. The lowest BCUT2D eigenvalue weighted by atomic mass is 10.1. The van der Waals surface area contributed by atoms with Crippen LogP contribution in [0, 0.1) is 6.92 Å². The third kappa shape index (κ3) is 4.68. The van der Waals surface area contributed by atoms with Crippen LogP contribution in [0.5, 0.6) is 0 Å². The van der Waals surface area contributed by atoms with Gasteiger partial charge in [-0.1, -0.05) is 35.9 Å². The van der Waals surface area contributed by atoms with Crippen LogP contribution in [0.4, 0.5) is 0 Å². The van der Waals surface area contributed by atoms with E-state index in [2.05, 4.69) is 5.32 Å². The molecule has 1 aromatic carbocycles. The minimum Gasteiger partial charge on any atom is -0.351 e. The first kappa shape index (κ1) is 15.2. The van der Waals surface area contributed by atoms with Crippen LogP contribution in [-0.2, 0) is 11.3 Å². The standard InChI is InChI=1S/C17H17NO2S/c1-12-3-5-14(6-4-12)7-9-16(20)17-10-8-15(21-17)11-18-13(2)19/h3-10H,11H2,1-2H3,(H,18,19)/b9-7+. The summed E-state index contributed by atoms with van der Waals surface area (Å²) in [6, 6.07) is 11.7. The molecule has 0 aliphatic rings. The highest BCUT2D eigenvalue weighted by molar-refractivity contribution is 7.14. The summed E-state index contributed by atoms with van der Waals surface area (Å²) in [4.78, 5) is 24.6. The fraction of sp³-hybridized carbons (Fsp3) is 0.176. The maximum Gasteiger partial charge on any atom is 0.217 e. The van der Waals surface area contributed by atoms with Crippen molar-refractivity contribution in [3.8, 4) is 0 Å². The number of benzene rings is 1. The highest BCUT2D eigenvalue weighted by Gasteiger charge is 2.06. The SMILES string of the molecule is CC(=O)NCc1ccc(C(=O)/C=C/c2ccc(C)cc2)s1. The second kappa shape index (κ2) is 6.99. The summed E-state index contributed by atoms with van der Waals surface area (Å²) in [7, 11) is 0. The topological polar surface area (TPSA) is 46.2 Å². The van der Waals surface area contributed by atoms with Crippen molar-refractivity contribution in [1.82, 2.24) is 5.32 Å². The quantitative estimate of drug-likeness (QED) is 0.677. The molecule has 0 bridgehead atoms. The molecular formula is C17H17NO2S. The molecule has 0 atom stereocenters. The number of thiophene rings is 1. The van der Waals surface area contributed by atoms with E-state index < -0.39 is 0 Å². The lowest BCUT2D eigenvalue weighted by molar-refractivity contribution is -0.119. The van der Waals surface area contributed by atoms with Crippen LogP contribution >= 0.6 is 11.3 Å². The number of rotatable bonds is 5. The Hall–Kier alpha value is -2.20. The minimum absolute atomic E-state index is 0.0188. The summed E-state index contributed by atoms with van der Waals surface area (Å²) in [6.45, 7) is 3.97. The van der Waals surface area contributed by atoms with Gasteiger partial charge in [-0.15, -0.1) is 11.3 Å². The zero-order valence-corrected chi connectivity index (χ0v) is 12.9. The van der Waals surface area contributed by atoms with E-state index in [9.17, 15) is 9.59 Å². The predicted octanol–water partition coefficient (Wildman–Crippen LogP) is 3.59. The Morgan fingerprint density at radius 1 is 1.14 bits per heavy atom. The van der Waals surface area contributed by atoms with Gasteiger partial charge in [0, 0.05) is 11.8 Å². The zero-order valence-electron chi connectivity index (χ0n) is 12.1. The largest absolute Gasteiger partial charge is 0.351 e. The number of hydrogen-bond donors (Lipinski definition) is 1. The molecule has 0 radical (unpaired) electrons. The van der Waals surface area contributed by atoms with E-state index in [0.717, 1.165) is 10.4 Å². The van der Waals surface area contributed by atoms with Gasteiger partial charge in [0.05, 0.1) is 11.4 Å². The van der Waals surface area contributed by atoms with Crippen LogP contribution in [0.2, 0.25) is 0 Å². The highest BCUT2D eigenvalue weighted by Crippen LogP contribution is 2.18. The number of allylic oxidation sites excluding steroid dienone is 1. The first-order valence-corrected chi connectivity index (χ1v) is 7.48. The van der Waals surface area contributed by atoms with Crippen molar-refractivity contribution in [3.05, 3.63) is 63.4 Å². The van der Waals surface area contributed by atoms with E-state index in [1.165, 1.54) is 23.8 Å². The number of carbonyl (C=O) groups is 2. The molecule has 0 spiro atoms. The van der Waals surface area contributed by atoms with Gasteiger partial charge in [0.1, 0.15) is 0 Å². The van der Waals surface area contributed by atoms with Gasteiger partial charge < -0.3 is 5.32 Å². The molecule has 1 aromatic heterocycles. The molecule has 4 heteroatoms. The van der Waals surface area contributed by atoms with Crippen molar-refractivity contribution >= 4 is 29.1 Å². The summed E-state index contributed by atoms with van der Waals surface area (Å²) in [5.74, 6) is -0.0924. The molecule has 0 saturated carbocycles. The maximum atomic E-state index is 12.1. The number of aryl methyl sites for hydroxylation is 1. The Kier molecular flexibility index (Phi) is 5.06. The fourth-order valence-electron chi connectivity index (χ4n) is 1.75. The first-order valence-electron chi connectivity index (χ1n) is 6.67. The minimum atomic E-state index is -0.0736. The van der Waals surface area contributed by atoms with Crippen LogP contribution in [0.25, 0.3) is 6.08 Å². The normalized spacial score (nSPS) is 10.8. The van der Waals surface area contributed by atoms with E-state index in [1.807, 2.05) is 43.3 Å². The lowest BCUT2D eigenvalue weighted by Crippen LogP contribution is -2.18. The molecule has 3 nitrogen and oxygen atoms in total. The van der Waals surface area contributed by atoms with Gasteiger partial charge in [-0.2, -0.15) is 0 Å². The molecule has 0 aliphatic heterocycles. The second-order valence-electron chi connectivity index (χ2n) is 4.78. The van der Waals surface area contributed by atoms with E-state index in [-0.39, 0.29) is 11.7 Å². The van der Waals surface area contributed by atoms with Crippen molar-refractivity contribution in [2.45, 2.75) is 20.4 Å². The highest BCUT2D eigenvalue weighted by atomic mass is 32.1. The van der Waals surface area contributed by atoms with Gasteiger partial charge >= 0.3 is 0 Å². The van der Waals surface area contributed by atoms with Gasteiger partial charge in [-0.3, -0.25) is 9.59 Å². The second-order valence-corrected chi connectivity index (χ2v) is 5.95. The van der Waals surface area contributed by atoms with Gasteiger partial charge in [0.15, 0.2) is 5.78 Å². The zero-order chi connectivity index (χ0) is 15.2. The van der Waals surface area contributed by atoms with Crippen molar-refractivity contribution in [2.24, 2.45) is 0 Å². The molecule has 0 fully saturated rings. The molecule has 108 valence electrons. The molecule has 1 N–H and O–H groups in total. The number of amides is 1. The molecular weight excluding hydrogens is 282 g/mol. The van der Waals surface area contributed by atoms with E-state index in [0.29, 0.717) is 11.4 Å². The molecule has 21 heavy (non-hydrogen) atoms. The Morgan fingerprint density at radius 3 is 2.52 bits per heavy atom. The van der Waals surface area contributed by atoms with Crippen molar-refractivity contribution < 1.29 is 9.59 Å². The first-order chi connectivity index (χ1) is 10.0. The van der Waals surface area contributed by atoms with Crippen molar-refractivity contribution in [2.75, 3.05) is 0 Å². The van der Waals surface area contributed by atoms with E-state index >= 15 is 0 Å². The van der Waals surface area contributed by atoms with Crippen LogP contribution in [-0.4, -0.2) is 11.7 Å². The molecule has 0 unspecified atom stereocenters. The smallest absolute Gasteiger partial charge is 0.217 e. The van der Waals surface area contributed by atoms with E-state index in [4.69, 9.17) is 0 Å². The molecule has 0 aliphatic carbocycles. The third-order valence-electron chi connectivity index (χ3n) is 2.92. The lowest BCUT2D eigenvalue weighted by Gasteiger charge is -1.97. The fourth-order valence-corrected chi connectivity index (χ4v) is 2.62. The average molecular weight is 299 g/mol. The van der Waals surface area contributed by atoms with Crippen LogP contribution < -0.4 is 5.32 Å². The summed E-state index contributed by atoms with van der Waals surface area (Å²) in [5.41, 5.74) is 2.20. The number of carbonyl (C=O) groups excluding carboxylic acids is 2. The third-order valence-corrected chi connectivity index (χ3v) is 4.02. The predicted molar refractivity (Wildman–Crippen MR) is 86.4 cm³/mol. The molecule has 1 heterocycles. The summed E-state index contributed by atoms with van der Waals surface area (Å²) in [5, 5.41) is 2.72. The number of nitrogens with one attached hydrogen (secondary N) is 1. The summed E-state index contributed by atoms with van der Waals surface area (Å²) < 4.78 is 0. The average Bonchev–Trinajstić information content (AvgIpc) is 2.93. The molecule has 1 amide bonds. The van der Waals surface area contributed by atoms with Gasteiger partial charge in [-0.25, -0.2) is 0 Å². The monoisotopic (exact) mass is 299 g/mol. The summed E-state index contributed by atoms with van der Waals surface area (Å²) in [6.07, 6.45) is 3.40. The molecule has 0 saturated heterocycles. The Bertz CT molecular complexity index is 668. The molecule has 2 rings (SSSR count). The van der Waals surface area contributed by atoms with Crippen LogP contribution in [0.1, 0.15) is 32.6 Å². The van der Waals surface area contributed by atoms with Gasteiger partial charge in [-0.05, 0) is 30.7 Å². The van der Waals surface area contributed by atoms with Crippen LogP contribution in [0.15, 0.2) is 42.5 Å². The van der Waals surface area contributed by atoms with Crippen molar-refractivity contribution in [3.63, 3.8) is 0 Å². The Morgan fingerprint density at radius 2 is 1.86 bits per heavy atom. The van der Waals surface area contributed by atoms with E-state index in [1.54, 1.807) is 12.1 Å². The Balaban J connectivity index is 2.00. The number of ketones is 1. The van der Waals surface area contributed by atoms with Gasteiger partial charge in [0.2, 0.25) is 5.91 Å². The maximum absolute atomic E-state index is 12.1. The van der Waals surface area contributed by atoms with Gasteiger partial charge in [0.25, 0.3) is 0 Å².